The van der Waals surface area contributed by atoms with Gasteiger partial charge in [0.15, 0.2) is 0 Å². The zero-order chi connectivity index (χ0) is 15.6. The summed E-state index contributed by atoms with van der Waals surface area (Å²) >= 11 is 7.42. The van der Waals surface area contributed by atoms with Gasteiger partial charge in [0.25, 0.3) is 0 Å². The van der Waals surface area contributed by atoms with Gasteiger partial charge in [-0.1, -0.05) is 11.6 Å². The van der Waals surface area contributed by atoms with E-state index in [1.54, 1.807) is 12.6 Å². The lowest BCUT2D eigenvalue weighted by Gasteiger charge is -2.17. The quantitative estimate of drug-likeness (QED) is 0.899. The van der Waals surface area contributed by atoms with Crippen LogP contribution < -0.4 is 5.32 Å². The zero-order valence-electron chi connectivity index (χ0n) is 11.8. The average Bonchev–Trinajstić information content (AvgIpc) is 2.84. The normalized spacial score (nSPS) is 11.9. The zero-order valence-corrected chi connectivity index (χ0v) is 14.2. The molecule has 0 saturated carbocycles. The van der Waals surface area contributed by atoms with E-state index in [0.717, 1.165) is 10.6 Å². The van der Waals surface area contributed by atoms with Gasteiger partial charge in [-0.05, 0) is 13.0 Å². The summed E-state index contributed by atoms with van der Waals surface area (Å²) in [6, 6.07) is 1.39. The van der Waals surface area contributed by atoms with E-state index < -0.39 is 10.0 Å². The van der Waals surface area contributed by atoms with Crippen LogP contribution in [0.3, 0.4) is 0 Å². The van der Waals surface area contributed by atoms with Gasteiger partial charge in [0.2, 0.25) is 10.0 Å². The molecule has 114 valence electrons. The van der Waals surface area contributed by atoms with Crippen LogP contribution in [0, 0.1) is 6.92 Å². The van der Waals surface area contributed by atoms with E-state index in [2.05, 4.69) is 15.3 Å². The second-order valence-corrected chi connectivity index (χ2v) is 7.76. The van der Waals surface area contributed by atoms with E-state index in [0.29, 0.717) is 5.82 Å². The fraction of sp³-hybridized carbons (Fsp3) is 0.333. The van der Waals surface area contributed by atoms with Gasteiger partial charge >= 0.3 is 0 Å². The number of hydrogen-bond acceptors (Lipinski definition) is 6. The summed E-state index contributed by atoms with van der Waals surface area (Å²) in [5.74, 6) is 0.441. The van der Waals surface area contributed by atoms with Gasteiger partial charge < -0.3 is 5.32 Å². The third-order valence-corrected chi connectivity index (χ3v) is 5.95. The minimum atomic E-state index is -3.64. The van der Waals surface area contributed by atoms with Crippen molar-refractivity contribution in [2.24, 2.45) is 0 Å². The number of pyridine rings is 1. The van der Waals surface area contributed by atoms with Crippen LogP contribution in [0.15, 0.2) is 22.7 Å². The highest BCUT2D eigenvalue weighted by atomic mass is 35.5. The highest BCUT2D eigenvalue weighted by Crippen LogP contribution is 2.25. The van der Waals surface area contributed by atoms with Crippen LogP contribution in [0.2, 0.25) is 5.02 Å². The van der Waals surface area contributed by atoms with Crippen molar-refractivity contribution in [2.75, 3.05) is 19.4 Å². The molecule has 0 bridgehead atoms. The van der Waals surface area contributed by atoms with Gasteiger partial charge in [-0.25, -0.2) is 18.4 Å². The van der Waals surface area contributed by atoms with Gasteiger partial charge in [-0.3, -0.25) is 0 Å². The monoisotopic (exact) mass is 346 g/mol. The minimum absolute atomic E-state index is 0.0659. The molecule has 2 rings (SSSR count). The number of halogens is 1. The Hall–Kier alpha value is -1.22. The number of anilines is 1. The molecule has 0 saturated heterocycles. The van der Waals surface area contributed by atoms with Crippen LogP contribution >= 0.6 is 22.9 Å². The van der Waals surface area contributed by atoms with Gasteiger partial charge in [0, 0.05) is 31.7 Å². The topological polar surface area (TPSA) is 75.2 Å². The van der Waals surface area contributed by atoms with Crippen LogP contribution in [0.1, 0.15) is 10.6 Å². The molecular weight excluding hydrogens is 332 g/mol. The van der Waals surface area contributed by atoms with E-state index in [1.807, 2.05) is 6.92 Å². The van der Waals surface area contributed by atoms with Crippen LogP contribution in [-0.2, 0) is 16.6 Å². The number of aromatic nitrogens is 2. The molecule has 0 aliphatic heterocycles. The Bertz CT molecular complexity index is 745. The lowest BCUT2D eigenvalue weighted by molar-refractivity contribution is 0.468. The first-order chi connectivity index (χ1) is 9.86. The van der Waals surface area contributed by atoms with Crippen molar-refractivity contribution in [2.45, 2.75) is 18.4 Å². The SMILES string of the molecule is CNc1ncc(S(=O)(=O)N(C)Cc2scnc2C)cc1Cl. The van der Waals surface area contributed by atoms with Crippen molar-refractivity contribution in [1.82, 2.24) is 14.3 Å². The van der Waals surface area contributed by atoms with Gasteiger partial charge in [0.1, 0.15) is 10.7 Å². The second kappa shape index (κ2) is 6.27. The van der Waals surface area contributed by atoms with E-state index in [4.69, 9.17) is 11.6 Å². The Kier molecular flexibility index (Phi) is 4.82. The van der Waals surface area contributed by atoms with Crippen molar-refractivity contribution in [3.8, 4) is 0 Å². The fourth-order valence-electron chi connectivity index (χ4n) is 1.69. The minimum Gasteiger partial charge on any atom is -0.372 e. The van der Waals surface area contributed by atoms with Gasteiger partial charge in [0.05, 0.1) is 16.2 Å². The average molecular weight is 347 g/mol. The van der Waals surface area contributed by atoms with Gasteiger partial charge in [-0.15, -0.1) is 11.3 Å². The smallest absolute Gasteiger partial charge is 0.244 e. The summed E-state index contributed by atoms with van der Waals surface area (Å²) in [5, 5.41) is 3.05. The third kappa shape index (κ3) is 3.34. The predicted molar refractivity (Wildman–Crippen MR) is 84.3 cm³/mol. The highest BCUT2D eigenvalue weighted by Gasteiger charge is 2.23. The van der Waals surface area contributed by atoms with Crippen molar-refractivity contribution in [3.05, 3.63) is 33.4 Å². The Morgan fingerprint density at radius 2 is 2.14 bits per heavy atom. The number of rotatable bonds is 5. The summed E-state index contributed by atoms with van der Waals surface area (Å²) in [6.45, 7) is 2.12. The standard InChI is InChI=1S/C12H15ClN4O2S2/c1-8-11(20-7-16-8)6-17(3)21(18,19)9-4-10(13)12(14-2)15-5-9/h4-5,7H,6H2,1-3H3,(H,14,15). The maximum absolute atomic E-state index is 12.5. The molecule has 2 heterocycles. The molecule has 2 aromatic rings. The van der Waals surface area contributed by atoms with E-state index in [1.165, 1.54) is 35.0 Å². The largest absolute Gasteiger partial charge is 0.372 e. The Balaban J connectivity index is 2.29. The van der Waals surface area contributed by atoms with Crippen LogP contribution in [-0.4, -0.2) is 36.8 Å². The molecule has 0 spiro atoms. The summed E-state index contributed by atoms with van der Waals surface area (Å²) in [7, 11) is -0.452. The van der Waals surface area contributed by atoms with Crippen molar-refractivity contribution >= 4 is 38.8 Å². The molecule has 6 nitrogen and oxygen atoms in total. The highest BCUT2D eigenvalue weighted by molar-refractivity contribution is 7.89. The molecule has 9 heteroatoms. The van der Waals surface area contributed by atoms with Gasteiger partial charge in [-0.2, -0.15) is 4.31 Å². The number of aryl methyl sites for hydroxylation is 1. The molecule has 1 N–H and O–H groups in total. The molecule has 0 aromatic carbocycles. The van der Waals surface area contributed by atoms with E-state index in [9.17, 15) is 8.42 Å². The fourth-order valence-corrected chi connectivity index (χ4v) is 4.04. The Labute approximate surface area is 132 Å². The Morgan fingerprint density at radius 3 is 2.67 bits per heavy atom. The third-order valence-electron chi connectivity index (χ3n) is 2.97. The van der Waals surface area contributed by atoms with Crippen molar-refractivity contribution in [1.29, 1.82) is 0 Å². The second-order valence-electron chi connectivity index (χ2n) is 4.37. The summed E-state index contributed by atoms with van der Waals surface area (Å²) < 4.78 is 26.3. The predicted octanol–water partition coefficient (Wildman–Crippen LogP) is 2.36. The lowest BCUT2D eigenvalue weighted by atomic mass is 10.4. The summed E-state index contributed by atoms with van der Waals surface area (Å²) in [4.78, 5) is 9.09. The number of thiazole rings is 1. The number of hydrogen-bond donors (Lipinski definition) is 1. The van der Waals surface area contributed by atoms with Crippen molar-refractivity contribution in [3.63, 3.8) is 0 Å². The number of nitrogens with zero attached hydrogens (tertiary/aromatic N) is 3. The molecule has 0 amide bonds. The molecule has 21 heavy (non-hydrogen) atoms. The molecule has 0 aliphatic rings. The molecule has 0 radical (unpaired) electrons. The summed E-state index contributed by atoms with van der Waals surface area (Å²) in [6.07, 6.45) is 1.29. The number of nitrogens with one attached hydrogen (secondary N) is 1. The Morgan fingerprint density at radius 1 is 1.43 bits per heavy atom. The maximum atomic E-state index is 12.5. The summed E-state index contributed by atoms with van der Waals surface area (Å²) in [5.41, 5.74) is 2.54. The van der Waals surface area contributed by atoms with Crippen LogP contribution in [0.25, 0.3) is 0 Å². The lowest BCUT2D eigenvalue weighted by Crippen LogP contribution is -2.26. The molecule has 0 fully saturated rings. The molecule has 0 atom stereocenters. The molecule has 0 unspecified atom stereocenters. The molecular formula is C12H15ClN4O2S2. The first kappa shape index (κ1) is 16.2. The van der Waals surface area contributed by atoms with Crippen molar-refractivity contribution < 1.29 is 8.42 Å². The van der Waals surface area contributed by atoms with E-state index >= 15 is 0 Å². The molecule has 0 aliphatic carbocycles. The first-order valence-electron chi connectivity index (χ1n) is 6.05. The molecule has 2 aromatic heterocycles. The maximum Gasteiger partial charge on any atom is 0.244 e. The first-order valence-corrected chi connectivity index (χ1v) is 8.74. The van der Waals surface area contributed by atoms with Crippen LogP contribution in [0.4, 0.5) is 5.82 Å². The van der Waals surface area contributed by atoms with Crippen LogP contribution in [0.5, 0.6) is 0 Å². The van der Waals surface area contributed by atoms with E-state index in [-0.39, 0.29) is 16.5 Å². The number of sulfonamides is 1.